The maximum absolute atomic E-state index is 11.6. The van der Waals surface area contributed by atoms with Crippen molar-refractivity contribution in [3.05, 3.63) is 69.7 Å². The largest absolute Gasteiger partial charge is 0.462 e. The Hall–Kier alpha value is -1.36. The van der Waals surface area contributed by atoms with Crippen LogP contribution in [0, 0.1) is 0 Å². The van der Waals surface area contributed by atoms with Gasteiger partial charge in [0.05, 0.1) is 12.2 Å². The normalized spacial score (nSPS) is 11.4. The molecule has 0 aromatic heterocycles. The second-order valence-electron chi connectivity index (χ2n) is 5.07. The van der Waals surface area contributed by atoms with E-state index in [0.29, 0.717) is 12.2 Å². The van der Waals surface area contributed by atoms with Gasteiger partial charge in [-0.1, -0.05) is 40.2 Å². The Labute approximate surface area is 152 Å². The molecule has 5 heteroatoms. The highest BCUT2D eigenvalue weighted by Gasteiger charge is 2.09. The number of hydrogen-bond acceptors (Lipinski definition) is 3. The van der Waals surface area contributed by atoms with Gasteiger partial charge >= 0.3 is 5.97 Å². The molecule has 2 aromatic carbocycles. The monoisotopic (exact) mass is 397 g/mol. The molecule has 124 valence electrons. The van der Waals surface area contributed by atoms with Gasteiger partial charge in [0.2, 0.25) is 0 Å². The zero-order chi connectivity index (χ0) is 15.9. The molecule has 0 radical (unpaired) electrons. The van der Waals surface area contributed by atoms with E-state index >= 15 is 0 Å². The summed E-state index contributed by atoms with van der Waals surface area (Å²) in [6.45, 7) is 5.11. The zero-order valence-corrected chi connectivity index (χ0v) is 15.6. The number of halogens is 2. The van der Waals surface area contributed by atoms with Crippen LogP contribution in [-0.2, 0) is 11.3 Å². The van der Waals surface area contributed by atoms with Crippen molar-refractivity contribution in [2.75, 3.05) is 6.61 Å². The molecule has 0 spiro atoms. The van der Waals surface area contributed by atoms with Gasteiger partial charge in [-0.05, 0) is 49.2 Å². The van der Waals surface area contributed by atoms with Crippen LogP contribution in [0.25, 0.3) is 0 Å². The maximum Gasteiger partial charge on any atom is 0.338 e. The van der Waals surface area contributed by atoms with Gasteiger partial charge in [0.1, 0.15) is 0 Å². The summed E-state index contributed by atoms with van der Waals surface area (Å²) < 4.78 is 6.07. The van der Waals surface area contributed by atoms with Crippen molar-refractivity contribution in [1.29, 1.82) is 0 Å². The molecule has 2 aromatic rings. The second-order valence-corrected chi connectivity index (χ2v) is 5.99. The van der Waals surface area contributed by atoms with Gasteiger partial charge in [-0.2, -0.15) is 0 Å². The molecular weight excluding hydrogens is 378 g/mol. The summed E-state index contributed by atoms with van der Waals surface area (Å²) in [7, 11) is 0. The number of esters is 1. The van der Waals surface area contributed by atoms with Crippen LogP contribution >= 0.6 is 28.3 Å². The molecule has 0 heterocycles. The van der Waals surface area contributed by atoms with Crippen molar-refractivity contribution >= 4 is 34.3 Å². The Balaban J connectivity index is 0.00000264. The molecule has 0 saturated heterocycles. The third-order valence-corrected chi connectivity index (χ3v) is 3.98. The Bertz CT molecular complexity index is 614. The molecule has 0 bridgehead atoms. The number of benzene rings is 2. The van der Waals surface area contributed by atoms with Gasteiger partial charge in [0.15, 0.2) is 0 Å². The molecule has 1 N–H and O–H groups in total. The SMILES string of the molecule is CCOC(=O)c1ccc(C(C)NCc2ccc(Br)cc2)cc1.Cl. The molecule has 1 atom stereocenters. The minimum absolute atomic E-state index is 0. The first-order valence-electron chi connectivity index (χ1n) is 7.35. The fraction of sp³-hybridized carbons (Fsp3) is 0.278. The van der Waals surface area contributed by atoms with Gasteiger partial charge in [0, 0.05) is 17.1 Å². The lowest BCUT2D eigenvalue weighted by Gasteiger charge is -2.15. The predicted molar refractivity (Wildman–Crippen MR) is 99.0 cm³/mol. The molecule has 0 saturated carbocycles. The fourth-order valence-corrected chi connectivity index (χ4v) is 2.38. The average Bonchev–Trinajstić information content (AvgIpc) is 2.54. The summed E-state index contributed by atoms with van der Waals surface area (Å²) >= 11 is 3.43. The molecule has 0 aliphatic rings. The van der Waals surface area contributed by atoms with E-state index in [9.17, 15) is 4.79 Å². The van der Waals surface area contributed by atoms with E-state index in [4.69, 9.17) is 4.74 Å². The molecule has 23 heavy (non-hydrogen) atoms. The number of hydrogen-bond donors (Lipinski definition) is 1. The predicted octanol–water partition coefficient (Wildman–Crippen LogP) is 4.90. The van der Waals surface area contributed by atoms with Crippen LogP contribution in [0.2, 0.25) is 0 Å². The van der Waals surface area contributed by atoms with Crippen LogP contribution in [0.3, 0.4) is 0 Å². The lowest BCUT2D eigenvalue weighted by atomic mass is 10.1. The number of ether oxygens (including phenoxy) is 1. The molecule has 3 nitrogen and oxygen atoms in total. The van der Waals surface area contributed by atoms with Crippen molar-refractivity contribution in [2.45, 2.75) is 26.4 Å². The first-order valence-corrected chi connectivity index (χ1v) is 8.14. The van der Waals surface area contributed by atoms with Crippen LogP contribution < -0.4 is 5.32 Å². The van der Waals surface area contributed by atoms with E-state index < -0.39 is 0 Å². The van der Waals surface area contributed by atoms with Gasteiger partial charge in [-0.3, -0.25) is 0 Å². The van der Waals surface area contributed by atoms with E-state index in [0.717, 1.165) is 16.6 Å². The maximum atomic E-state index is 11.6. The zero-order valence-electron chi connectivity index (χ0n) is 13.2. The Morgan fingerprint density at radius 1 is 1.13 bits per heavy atom. The summed E-state index contributed by atoms with van der Waals surface area (Å²) in [5, 5.41) is 3.48. The molecule has 0 fully saturated rings. The Kier molecular flexibility index (Phi) is 8.31. The standard InChI is InChI=1S/C18H20BrNO2.ClH/c1-3-22-18(21)16-8-6-15(7-9-16)13(2)20-12-14-4-10-17(19)11-5-14;/h4-11,13,20H,3,12H2,1-2H3;1H. The highest BCUT2D eigenvalue weighted by molar-refractivity contribution is 9.10. The van der Waals surface area contributed by atoms with Gasteiger partial charge in [-0.25, -0.2) is 4.79 Å². The van der Waals surface area contributed by atoms with Crippen LogP contribution in [-0.4, -0.2) is 12.6 Å². The minimum atomic E-state index is -0.274. The fourth-order valence-electron chi connectivity index (χ4n) is 2.11. The van der Waals surface area contributed by atoms with E-state index in [1.54, 1.807) is 6.92 Å². The van der Waals surface area contributed by atoms with E-state index in [1.165, 1.54) is 5.56 Å². The number of nitrogens with one attached hydrogen (secondary N) is 1. The Morgan fingerprint density at radius 2 is 1.74 bits per heavy atom. The van der Waals surface area contributed by atoms with Crippen LogP contribution in [0.5, 0.6) is 0 Å². The quantitative estimate of drug-likeness (QED) is 0.703. The van der Waals surface area contributed by atoms with Gasteiger partial charge in [0.25, 0.3) is 0 Å². The molecule has 1 unspecified atom stereocenters. The smallest absolute Gasteiger partial charge is 0.338 e. The number of rotatable bonds is 6. The van der Waals surface area contributed by atoms with E-state index in [-0.39, 0.29) is 24.4 Å². The van der Waals surface area contributed by atoms with Gasteiger partial charge < -0.3 is 10.1 Å². The lowest BCUT2D eigenvalue weighted by molar-refractivity contribution is 0.0526. The first-order chi connectivity index (χ1) is 10.6. The summed E-state index contributed by atoms with van der Waals surface area (Å²) in [6.07, 6.45) is 0. The summed E-state index contributed by atoms with van der Waals surface area (Å²) in [6, 6.07) is 16.0. The average molecular weight is 399 g/mol. The van der Waals surface area contributed by atoms with Crippen molar-refractivity contribution in [1.82, 2.24) is 5.32 Å². The van der Waals surface area contributed by atoms with Crippen molar-refractivity contribution in [3.63, 3.8) is 0 Å². The number of carbonyl (C=O) groups is 1. The van der Waals surface area contributed by atoms with E-state index in [2.05, 4.69) is 40.3 Å². The van der Waals surface area contributed by atoms with Crippen molar-refractivity contribution < 1.29 is 9.53 Å². The van der Waals surface area contributed by atoms with E-state index in [1.807, 2.05) is 36.4 Å². The van der Waals surface area contributed by atoms with Gasteiger partial charge in [-0.15, -0.1) is 12.4 Å². The highest BCUT2D eigenvalue weighted by atomic mass is 79.9. The van der Waals surface area contributed by atoms with Crippen LogP contribution in [0.1, 0.15) is 41.4 Å². The van der Waals surface area contributed by atoms with Crippen molar-refractivity contribution in [3.8, 4) is 0 Å². The van der Waals surface area contributed by atoms with Crippen LogP contribution in [0.4, 0.5) is 0 Å². The Morgan fingerprint density at radius 3 is 2.30 bits per heavy atom. The van der Waals surface area contributed by atoms with Crippen LogP contribution in [0.15, 0.2) is 53.0 Å². The van der Waals surface area contributed by atoms with Crippen molar-refractivity contribution in [2.24, 2.45) is 0 Å². The highest BCUT2D eigenvalue weighted by Crippen LogP contribution is 2.16. The lowest BCUT2D eigenvalue weighted by Crippen LogP contribution is -2.18. The summed E-state index contributed by atoms with van der Waals surface area (Å²) in [5.74, 6) is -0.274. The summed E-state index contributed by atoms with van der Waals surface area (Å²) in [4.78, 5) is 11.6. The molecule has 0 aliphatic carbocycles. The molecular formula is C18H21BrClNO2. The number of carbonyl (C=O) groups excluding carboxylic acids is 1. The third-order valence-electron chi connectivity index (χ3n) is 3.45. The topological polar surface area (TPSA) is 38.3 Å². The third kappa shape index (κ3) is 5.98. The summed E-state index contributed by atoms with van der Waals surface area (Å²) in [5.41, 5.74) is 2.97. The second kappa shape index (κ2) is 9.71. The molecule has 0 aliphatic heterocycles. The molecule has 0 amide bonds. The first kappa shape index (κ1) is 19.7. The minimum Gasteiger partial charge on any atom is -0.462 e. The molecule has 2 rings (SSSR count).